The number of fused-ring (bicyclic) bond motifs is 1. The van der Waals surface area contributed by atoms with Crippen molar-refractivity contribution in [3.05, 3.63) is 37.0 Å². The number of aromatic nitrogens is 1. The van der Waals surface area contributed by atoms with Gasteiger partial charge in [0, 0.05) is 5.39 Å². The molecule has 0 fully saturated rings. The van der Waals surface area contributed by atoms with Crippen molar-refractivity contribution in [1.82, 2.24) is 4.98 Å². The monoisotopic (exact) mass is 364 g/mol. The normalized spacial score (nSPS) is 10.5. The van der Waals surface area contributed by atoms with E-state index in [2.05, 4.69) is 27.6 Å². The third-order valence-corrected chi connectivity index (χ3v) is 3.49. The van der Waals surface area contributed by atoms with Gasteiger partial charge in [0.15, 0.2) is 0 Å². The number of hydrogen-bond acceptors (Lipinski definition) is 4. The van der Waals surface area contributed by atoms with Crippen molar-refractivity contribution >= 4 is 50.8 Å². The molecule has 0 bridgehead atoms. The van der Waals surface area contributed by atoms with Crippen LogP contribution in [0.15, 0.2) is 18.3 Å². The van der Waals surface area contributed by atoms with Crippen molar-refractivity contribution in [2.45, 2.75) is 0 Å². The third kappa shape index (κ3) is 2.14. The topological polar surface area (TPSA) is 65.3 Å². The number of ether oxygens (including phenoxy) is 1. The van der Waals surface area contributed by atoms with Crippen LogP contribution in [-0.2, 0) is 0 Å². The lowest BCUT2D eigenvalue weighted by atomic mass is 10.2. The van der Waals surface area contributed by atoms with Crippen molar-refractivity contribution in [1.29, 1.82) is 0 Å². The van der Waals surface area contributed by atoms with E-state index in [1.807, 2.05) is 0 Å². The van der Waals surface area contributed by atoms with Crippen LogP contribution in [0.3, 0.4) is 0 Å². The number of pyridine rings is 1. The first-order chi connectivity index (χ1) is 8.04. The van der Waals surface area contributed by atoms with Crippen LogP contribution >= 0.6 is 34.2 Å². The highest BCUT2D eigenvalue weighted by Crippen LogP contribution is 2.35. The number of benzene rings is 1. The van der Waals surface area contributed by atoms with E-state index in [9.17, 15) is 10.1 Å². The summed E-state index contributed by atoms with van der Waals surface area (Å²) in [5, 5.41) is 11.3. The van der Waals surface area contributed by atoms with Crippen LogP contribution in [0.2, 0.25) is 5.02 Å². The van der Waals surface area contributed by atoms with Crippen molar-refractivity contribution in [2.75, 3.05) is 7.11 Å². The lowest BCUT2D eigenvalue weighted by Crippen LogP contribution is -1.94. The Kier molecular flexibility index (Phi) is 3.34. The van der Waals surface area contributed by atoms with Gasteiger partial charge in [-0.2, -0.15) is 0 Å². The molecule has 1 heterocycles. The predicted octanol–water partition coefficient (Wildman–Crippen LogP) is 3.41. The average Bonchev–Trinajstić information content (AvgIpc) is 2.28. The fourth-order valence-electron chi connectivity index (χ4n) is 1.43. The van der Waals surface area contributed by atoms with E-state index in [-0.39, 0.29) is 10.7 Å². The Balaban J connectivity index is 2.80. The average molecular weight is 365 g/mol. The van der Waals surface area contributed by atoms with E-state index in [1.165, 1.54) is 7.11 Å². The molecule has 1 aromatic carbocycles. The molecule has 2 rings (SSSR count). The highest BCUT2D eigenvalue weighted by atomic mass is 127. The molecule has 0 unspecified atom stereocenters. The highest BCUT2D eigenvalue weighted by molar-refractivity contribution is 14.1. The van der Waals surface area contributed by atoms with E-state index in [0.717, 1.165) is 9.77 Å². The molecule has 0 amide bonds. The SMILES string of the molecule is COc1cc2c(Cl)c([N+](=O)[O-])cnc2cc1I. The van der Waals surface area contributed by atoms with Crippen LogP contribution in [0.1, 0.15) is 0 Å². The van der Waals surface area contributed by atoms with Crippen LogP contribution in [0.25, 0.3) is 10.9 Å². The van der Waals surface area contributed by atoms with Gasteiger partial charge in [-0.05, 0) is 34.7 Å². The molecule has 0 radical (unpaired) electrons. The molecular weight excluding hydrogens is 358 g/mol. The largest absolute Gasteiger partial charge is 0.496 e. The van der Waals surface area contributed by atoms with Crippen LogP contribution in [0.5, 0.6) is 5.75 Å². The standard InChI is InChI=1S/C10H6ClIN2O3/c1-17-9-2-5-7(3-6(9)12)13-4-8(10(5)11)14(15)16/h2-4H,1H3. The molecule has 1 aromatic heterocycles. The number of hydrogen-bond donors (Lipinski definition) is 0. The van der Waals surface area contributed by atoms with E-state index >= 15 is 0 Å². The number of nitrogens with zero attached hydrogens (tertiary/aromatic N) is 2. The first-order valence-corrected chi connectivity index (χ1v) is 5.96. The van der Waals surface area contributed by atoms with Gasteiger partial charge in [-0.3, -0.25) is 10.1 Å². The molecular formula is C10H6ClIN2O3. The Labute approximate surface area is 115 Å². The smallest absolute Gasteiger partial charge is 0.306 e. The Morgan fingerprint density at radius 2 is 2.24 bits per heavy atom. The minimum atomic E-state index is -0.556. The van der Waals surface area contributed by atoms with E-state index in [0.29, 0.717) is 16.7 Å². The minimum Gasteiger partial charge on any atom is -0.496 e. The minimum absolute atomic E-state index is 0.0784. The van der Waals surface area contributed by atoms with Crippen LogP contribution in [-0.4, -0.2) is 17.0 Å². The highest BCUT2D eigenvalue weighted by Gasteiger charge is 2.17. The van der Waals surface area contributed by atoms with Gasteiger partial charge in [0.1, 0.15) is 17.0 Å². The fraction of sp³-hybridized carbons (Fsp3) is 0.100. The lowest BCUT2D eigenvalue weighted by Gasteiger charge is -2.06. The van der Waals surface area contributed by atoms with Gasteiger partial charge in [-0.25, -0.2) is 4.98 Å². The first kappa shape index (κ1) is 12.3. The summed E-state index contributed by atoms with van der Waals surface area (Å²) < 4.78 is 6.02. The van der Waals surface area contributed by atoms with Crippen molar-refractivity contribution in [3.8, 4) is 5.75 Å². The maximum Gasteiger partial charge on any atom is 0.306 e. The summed E-state index contributed by atoms with van der Waals surface area (Å²) in [5.41, 5.74) is 0.397. The molecule has 0 N–H and O–H groups in total. The van der Waals surface area contributed by atoms with Gasteiger partial charge in [0.25, 0.3) is 0 Å². The molecule has 0 atom stereocenters. The third-order valence-electron chi connectivity index (χ3n) is 2.25. The zero-order valence-corrected chi connectivity index (χ0v) is 11.5. The van der Waals surface area contributed by atoms with E-state index in [4.69, 9.17) is 16.3 Å². The summed E-state index contributed by atoms with van der Waals surface area (Å²) in [7, 11) is 1.53. The van der Waals surface area contributed by atoms with Gasteiger partial charge in [0.05, 0.1) is 21.1 Å². The Morgan fingerprint density at radius 3 is 2.82 bits per heavy atom. The molecule has 0 aliphatic rings. The van der Waals surface area contributed by atoms with Crippen molar-refractivity contribution in [3.63, 3.8) is 0 Å². The maximum atomic E-state index is 10.7. The quantitative estimate of drug-likeness (QED) is 0.465. The molecule has 17 heavy (non-hydrogen) atoms. The van der Waals surface area contributed by atoms with Crippen molar-refractivity contribution in [2.24, 2.45) is 0 Å². The molecule has 0 saturated heterocycles. The van der Waals surface area contributed by atoms with Gasteiger partial charge in [0.2, 0.25) is 0 Å². The number of nitro groups is 1. The van der Waals surface area contributed by atoms with Crippen molar-refractivity contribution < 1.29 is 9.66 Å². The zero-order chi connectivity index (χ0) is 12.6. The first-order valence-electron chi connectivity index (χ1n) is 4.50. The predicted molar refractivity (Wildman–Crippen MR) is 72.7 cm³/mol. The molecule has 5 nitrogen and oxygen atoms in total. The summed E-state index contributed by atoms with van der Waals surface area (Å²) in [5.74, 6) is 0.613. The Bertz CT molecular complexity index is 618. The maximum absolute atomic E-state index is 10.7. The molecule has 88 valence electrons. The second kappa shape index (κ2) is 4.61. The van der Waals surface area contributed by atoms with Crippen LogP contribution < -0.4 is 4.74 Å². The Morgan fingerprint density at radius 1 is 1.53 bits per heavy atom. The fourth-order valence-corrected chi connectivity index (χ4v) is 2.37. The Hall–Kier alpha value is -1.15. The molecule has 0 aliphatic heterocycles. The molecule has 0 spiro atoms. The van der Waals surface area contributed by atoms with Gasteiger partial charge in [-0.15, -0.1) is 0 Å². The summed E-state index contributed by atoms with van der Waals surface area (Å²) in [4.78, 5) is 14.2. The lowest BCUT2D eigenvalue weighted by molar-refractivity contribution is -0.384. The number of halogens is 2. The van der Waals surface area contributed by atoms with Crippen LogP contribution in [0.4, 0.5) is 5.69 Å². The summed E-state index contributed by atoms with van der Waals surface area (Å²) in [6, 6.07) is 3.42. The molecule has 0 aliphatic carbocycles. The van der Waals surface area contributed by atoms with E-state index in [1.54, 1.807) is 12.1 Å². The van der Waals surface area contributed by atoms with Crippen LogP contribution in [0, 0.1) is 13.7 Å². The summed E-state index contributed by atoms with van der Waals surface area (Å²) in [6.45, 7) is 0. The molecule has 0 saturated carbocycles. The molecule has 2 aromatic rings. The molecule has 7 heteroatoms. The number of methoxy groups -OCH3 is 1. The van der Waals surface area contributed by atoms with Gasteiger partial charge in [-0.1, -0.05) is 11.6 Å². The summed E-state index contributed by atoms with van der Waals surface area (Å²) >= 11 is 8.08. The second-order valence-corrected chi connectivity index (χ2v) is 4.76. The summed E-state index contributed by atoms with van der Waals surface area (Å²) in [6.07, 6.45) is 1.16. The van der Waals surface area contributed by atoms with E-state index < -0.39 is 4.92 Å². The van der Waals surface area contributed by atoms with Gasteiger partial charge >= 0.3 is 5.69 Å². The zero-order valence-electron chi connectivity index (χ0n) is 8.61. The van der Waals surface area contributed by atoms with Gasteiger partial charge < -0.3 is 4.74 Å². The number of rotatable bonds is 2. The second-order valence-electron chi connectivity index (χ2n) is 3.22.